The summed E-state index contributed by atoms with van der Waals surface area (Å²) in [4.78, 5) is 10.1. The first-order valence-corrected chi connectivity index (χ1v) is 3.09. The van der Waals surface area contributed by atoms with E-state index in [0.717, 1.165) is 0 Å². The molecule has 1 amide bonds. The fourth-order valence-corrected chi connectivity index (χ4v) is 0.638. The Morgan fingerprint density at radius 1 is 2.00 bits per heavy atom. The molecule has 0 fully saturated rings. The Bertz CT molecular complexity index is 83.4. The van der Waals surface area contributed by atoms with Gasteiger partial charge >= 0.3 is 0 Å². The summed E-state index contributed by atoms with van der Waals surface area (Å²) in [6.07, 6.45) is 0. The number of hydroxylamine groups is 1. The molecule has 48 valence electrons. The molecule has 0 saturated carbocycles. The predicted octanol–water partition coefficient (Wildman–Crippen LogP) is -0.786. The van der Waals surface area contributed by atoms with Crippen LogP contribution in [0.1, 0.15) is 0 Å². The van der Waals surface area contributed by atoms with Gasteiger partial charge in [0.05, 0.1) is 0 Å². The molecule has 0 aromatic rings. The largest absolute Gasteiger partial charge is 0.368 e. The van der Waals surface area contributed by atoms with Crippen molar-refractivity contribution in [3.8, 4) is 0 Å². The van der Waals surface area contributed by atoms with Crippen molar-refractivity contribution in [1.29, 1.82) is 0 Å². The summed E-state index contributed by atoms with van der Waals surface area (Å²) in [5.41, 5.74) is 6.50. The monoisotopic (exact) mass is 182 g/mol. The highest BCUT2D eigenvalue weighted by atomic mass is 79.9. The van der Waals surface area contributed by atoms with Gasteiger partial charge in [0.25, 0.3) is 0 Å². The summed E-state index contributed by atoms with van der Waals surface area (Å²) in [5, 5.41) is 8.43. The number of rotatable bonds is 3. The summed E-state index contributed by atoms with van der Waals surface area (Å²) in [6, 6.07) is -0.685. The molecule has 0 saturated heterocycles. The Morgan fingerprint density at radius 2 is 2.50 bits per heavy atom. The van der Waals surface area contributed by atoms with Crippen molar-refractivity contribution < 1.29 is 10.0 Å². The van der Waals surface area contributed by atoms with Crippen LogP contribution >= 0.6 is 15.9 Å². The molecule has 0 aliphatic carbocycles. The average molecular weight is 183 g/mol. The van der Waals surface area contributed by atoms with Crippen molar-refractivity contribution in [3.63, 3.8) is 0 Å². The Hall–Kier alpha value is -0.130. The number of carbonyl (C=O) groups excluding carboxylic acids is 1. The highest BCUT2D eigenvalue weighted by Gasteiger charge is 2.09. The molecule has 0 rings (SSSR count). The second kappa shape index (κ2) is 3.82. The fourth-order valence-electron chi connectivity index (χ4n) is 0.174. The van der Waals surface area contributed by atoms with Gasteiger partial charge in [-0.2, -0.15) is 5.48 Å². The van der Waals surface area contributed by atoms with E-state index >= 15 is 0 Å². The Morgan fingerprint density at radius 3 is 2.50 bits per heavy atom. The highest BCUT2D eigenvalue weighted by molar-refractivity contribution is 9.09. The van der Waals surface area contributed by atoms with Gasteiger partial charge in [0, 0.05) is 5.33 Å². The lowest BCUT2D eigenvalue weighted by Gasteiger charge is -2.03. The zero-order valence-electron chi connectivity index (χ0n) is 4.10. The molecule has 0 aliphatic rings. The van der Waals surface area contributed by atoms with Gasteiger partial charge in [0.15, 0.2) is 0 Å². The maximum Gasteiger partial charge on any atom is 0.237 e. The Kier molecular flexibility index (Phi) is 3.76. The number of nitrogens with two attached hydrogens (primary N) is 1. The highest BCUT2D eigenvalue weighted by Crippen LogP contribution is 1.86. The molecule has 1 atom stereocenters. The van der Waals surface area contributed by atoms with Crippen LogP contribution in [0.3, 0.4) is 0 Å². The average Bonchev–Trinajstić information content (AvgIpc) is 1.69. The summed E-state index contributed by atoms with van der Waals surface area (Å²) < 4.78 is 0. The van der Waals surface area contributed by atoms with Crippen LogP contribution in [0.2, 0.25) is 0 Å². The van der Waals surface area contributed by atoms with Gasteiger partial charge in [-0.3, -0.25) is 4.79 Å². The van der Waals surface area contributed by atoms with E-state index in [0.29, 0.717) is 5.33 Å². The van der Waals surface area contributed by atoms with E-state index in [1.165, 1.54) is 0 Å². The predicted molar refractivity (Wildman–Crippen MR) is 31.7 cm³/mol. The van der Waals surface area contributed by atoms with Crippen molar-refractivity contribution in [2.75, 3.05) is 5.33 Å². The molecule has 4 N–H and O–H groups in total. The minimum atomic E-state index is -0.685. The van der Waals surface area contributed by atoms with Crippen molar-refractivity contribution in [2.45, 2.75) is 6.04 Å². The van der Waals surface area contributed by atoms with Crippen molar-refractivity contribution >= 4 is 21.8 Å². The summed E-state index contributed by atoms with van der Waals surface area (Å²) in [7, 11) is 0. The number of carbonyl (C=O) groups is 1. The van der Waals surface area contributed by atoms with E-state index in [1.54, 1.807) is 5.48 Å². The van der Waals surface area contributed by atoms with Crippen LogP contribution in [0.4, 0.5) is 0 Å². The SMILES string of the molecule is NC(=O)C(CBr)NO. The van der Waals surface area contributed by atoms with Gasteiger partial charge in [0.1, 0.15) is 6.04 Å². The molecule has 8 heavy (non-hydrogen) atoms. The zero-order valence-corrected chi connectivity index (χ0v) is 5.68. The van der Waals surface area contributed by atoms with Crippen LogP contribution in [-0.2, 0) is 4.79 Å². The number of alkyl halides is 1. The third-order valence-corrected chi connectivity index (χ3v) is 1.30. The minimum Gasteiger partial charge on any atom is -0.368 e. The van der Waals surface area contributed by atoms with Gasteiger partial charge in [-0.05, 0) is 0 Å². The number of hydrogen-bond donors (Lipinski definition) is 3. The van der Waals surface area contributed by atoms with Crippen LogP contribution in [0.25, 0.3) is 0 Å². The van der Waals surface area contributed by atoms with Crippen molar-refractivity contribution in [2.24, 2.45) is 5.73 Å². The first-order valence-electron chi connectivity index (χ1n) is 1.97. The molecular weight excluding hydrogens is 176 g/mol. The quantitative estimate of drug-likeness (QED) is 0.396. The molecule has 5 heteroatoms. The molecule has 0 radical (unpaired) electrons. The van der Waals surface area contributed by atoms with E-state index in [9.17, 15) is 4.79 Å². The molecular formula is C3H7BrN2O2. The minimum absolute atomic E-state index is 0.318. The molecule has 0 heterocycles. The van der Waals surface area contributed by atoms with Gasteiger partial charge in [-0.1, -0.05) is 15.9 Å². The van der Waals surface area contributed by atoms with Gasteiger partial charge in [-0.25, -0.2) is 0 Å². The Balaban J connectivity index is 3.52. The topological polar surface area (TPSA) is 75.4 Å². The maximum atomic E-state index is 10.1. The van der Waals surface area contributed by atoms with Gasteiger partial charge in [-0.15, -0.1) is 0 Å². The van der Waals surface area contributed by atoms with E-state index in [2.05, 4.69) is 15.9 Å². The zero-order chi connectivity index (χ0) is 6.57. The van der Waals surface area contributed by atoms with Crippen molar-refractivity contribution in [3.05, 3.63) is 0 Å². The molecule has 4 nitrogen and oxygen atoms in total. The number of amides is 1. The standard InChI is InChI=1S/C3H7BrN2O2/c4-1-2(6-8)3(5)7/h2,6,8H,1H2,(H2,5,7). The van der Waals surface area contributed by atoms with E-state index in [1.807, 2.05) is 0 Å². The van der Waals surface area contributed by atoms with Crippen LogP contribution in [0, 0.1) is 0 Å². The molecule has 0 bridgehead atoms. The third kappa shape index (κ3) is 2.25. The van der Waals surface area contributed by atoms with E-state index in [-0.39, 0.29) is 0 Å². The van der Waals surface area contributed by atoms with Gasteiger partial charge in [0.2, 0.25) is 5.91 Å². The lowest BCUT2D eigenvalue weighted by Crippen LogP contribution is -2.40. The molecule has 1 unspecified atom stereocenters. The fraction of sp³-hybridized carbons (Fsp3) is 0.667. The van der Waals surface area contributed by atoms with E-state index in [4.69, 9.17) is 10.9 Å². The number of primary amides is 1. The molecule has 0 aromatic carbocycles. The first kappa shape index (κ1) is 7.87. The normalized spacial score (nSPS) is 13.2. The summed E-state index contributed by atoms with van der Waals surface area (Å²) in [5.74, 6) is -0.579. The van der Waals surface area contributed by atoms with Gasteiger partial charge < -0.3 is 10.9 Å². The van der Waals surface area contributed by atoms with E-state index < -0.39 is 11.9 Å². The maximum absolute atomic E-state index is 10.1. The van der Waals surface area contributed by atoms with Crippen LogP contribution < -0.4 is 11.2 Å². The summed E-state index contributed by atoms with van der Waals surface area (Å²) in [6.45, 7) is 0. The van der Waals surface area contributed by atoms with Crippen LogP contribution in [0.5, 0.6) is 0 Å². The number of halogens is 1. The Labute approximate surface area is 55.1 Å². The second-order valence-electron chi connectivity index (χ2n) is 1.24. The number of nitrogens with one attached hydrogen (secondary N) is 1. The molecule has 0 spiro atoms. The molecule has 0 aliphatic heterocycles. The van der Waals surface area contributed by atoms with Crippen LogP contribution in [0.15, 0.2) is 0 Å². The third-order valence-electron chi connectivity index (χ3n) is 0.654. The first-order chi connectivity index (χ1) is 3.72. The second-order valence-corrected chi connectivity index (χ2v) is 1.89. The lowest BCUT2D eigenvalue weighted by atomic mass is 10.3. The smallest absolute Gasteiger partial charge is 0.237 e. The summed E-state index contributed by atoms with van der Waals surface area (Å²) >= 11 is 2.95. The number of hydrogen-bond acceptors (Lipinski definition) is 3. The van der Waals surface area contributed by atoms with Crippen LogP contribution in [-0.4, -0.2) is 22.5 Å². The van der Waals surface area contributed by atoms with Crippen molar-refractivity contribution in [1.82, 2.24) is 5.48 Å². The molecule has 0 aromatic heterocycles. The lowest BCUT2D eigenvalue weighted by molar-refractivity contribution is -0.121.